The lowest BCUT2D eigenvalue weighted by Crippen LogP contribution is -2.64. The van der Waals surface area contributed by atoms with Gasteiger partial charge in [-0.15, -0.1) is 0 Å². The topological polar surface area (TPSA) is 273 Å². The predicted octanol–water partition coefficient (Wildman–Crippen LogP) is 4.72. The van der Waals surface area contributed by atoms with E-state index in [0.717, 1.165) is 43.2 Å². The molecule has 2 aromatic carbocycles. The quantitative estimate of drug-likeness (QED) is 0.136. The summed E-state index contributed by atoms with van der Waals surface area (Å²) in [6.45, 7) is 18.2. The van der Waals surface area contributed by atoms with Crippen LogP contribution in [0.5, 0.6) is 0 Å². The molecule has 2 saturated heterocycles. The van der Waals surface area contributed by atoms with Crippen LogP contribution in [0.1, 0.15) is 151 Å². The summed E-state index contributed by atoms with van der Waals surface area (Å²) in [7, 11) is 1.50. The molecule has 2 aliphatic heterocycles. The maximum atomic E-state index is 14.9. The van der Waals surface area contributed by atoms with Crippen molar-refractivity contribution in [3.63, 3.8) is 0 Å². The molecule has 85 heavy (non-hydrogen) atoms. The molecule has 0 radical (unpaired) electrons. The summed E-state index contributed by atoms with van der Waals surface area (Å²) in [4.78, 5) is 147. The highest BCUT2D eigenvalue weighted by Gasteiger charge is 2.49. The van der Waals surface area contributed by atoms with Crippen molar-refractivity contribution in [2.45, 2.75) is 207 Å². The number of carbonyl (C=O) groups excluding carboxylic acids is 10. The van der Waals surface area contributed by atoms with Crippen LogP contribution in [0.25, 0.3) is 0 Å². The molecule has 1 aliphatic carbocycles. The summed E-state index contributed by atoms with van der Waals surface area (Å²) in [5.74, 6) is -6.28. The average Bonchev–Trinajstić information content (AvgIpc) is 2.23. The van der Waals surface area contributed by atoms with Gasteiger partial charge in [-0.1, -0.05) is 148 Å². The first kappa shape index (κ1) is 69.3. The van der Waals surface area contributed by atoms with E-state index in [4.69, 9.17) is 0 Å². The molecule has 0 unspecified atom stereocenters. The number of benzene rings is 2. The fraction of sp³-hybridized carbons (Fsp3) is 0.656. The van der Waals surface area contributed by atoms with Crippen LogP contribution >= 0.6 is 11.8 Å². The largest absolute Gasteiger partial charge is 0.353 e. The number of likely N-dealkylation sites (N-methyl/N-ethyl adjacent to an activating group) is 1. The third-order valence-electron chi connectivity index (χ3n) is 16.6. The van der Waals surface area contributed by atoms with E-state index in [-0.39, 0.29) is 69.2 Å². The summed E-state index contributed by atoms with van der Waals surface area (Å²) < 4.78 is 0. The summed E-state index contributed by atoms with van der Waals surface area (Å²) in [6, 6.07) is 9.31. The molecule has 5 rings (SSSR count). The van der Waals surface area contributed by atoms with Gasteiger partial charge in [0.25, 0.3) is 0 Å². The van der Waals surface area contributed by atoms with E-state index >= 15 is 0 Å². The number of amides is 10. The molecule has 3 fully saturated rings. The van der Waals surface area contributed by atoms with Crippen LogP contribution in [0.15, 0.2) is 60.7 Å². The highest BCUT2D eigenvalue weighted by Crippen LogP contribution is 2.32. The van der Waals surface area contributed by atoms with Gasteiger partial charge in [-0.05, 0) is 93.1 Å². The van der Waals surface area contributed by atoms with Crippen molar-refractivity contribution in [3.05, 3.63) is 71.8 Å². The Morgan fingerprint density at radius 3 is 1.71 bits per heavy atom. The van der Waals surface area contributed by atoms with E-state index in [1.807, 2.05) is 88.4 Å². The summed E-state index contributed by atoms with van der Waals surface area (Å²) in [5.41, 5.74) is 0.0600. The van der Waals surface area contributed by atoms with Crippen molar-refractivity contribution in [1.29, 1.82) is 0 Å². The Kier molecular flexibility index (Phi) is 27.2. The van der Waals surface area contributed by atoms with Gasteiger partial charge in [-0.2, -0.15) is 11.8 Å². The third-order valence-corrected chi connectivity index (χ3v) is 17.6. The van der Waals surface area contributed by atoms with Gasteiger partial charge in [0.2, 0.25) is 59.1 Å². The van der Waals surface area contributed by atoms with E-state index in [0.29, 0.717) is 24.5 Å². The van der Waals surface area contributed by atoms with Crippen LogP contribution in [0.2, 0.25) is 0 Å². The third kappa shape index (κ3) is 20.9. The highest BCUT2D eigenvalue weighted by molar-refractivity contribution is 7.99. The van der Waals surface area contributed by atoms with Crippen molar-refractivity contribution >= 4 is 70.8 Å². The van der Waals surface area contributed by atoms with Crippen LogP contribution in [-0.2, 0) is 60.8 Å². The summed E-state index contributed by atoms with van der Waals surface area (Å²) in [5, 5.41) is 23.2. The Morgan fingerprint density at radius 1 is 0.553 bits per heavy atom. The lowest BCUT2D eigenvalue weighted by Gasteiger charge is -2.38. The van der Waals surface area contributed by atoms with Crippen LogP contribution < -0.4 is 42.5 Å². The Labute approximate surface area is 508 Å². The minimum atomic E-state index is -1.45. The first-order valence-corrected chi connectivity index (χ1v) is 32.1. The first-order valence-electron chi connectivity index (χ1n) is 30.9. The molecule has 20 nitrogen and oxygen atoms in total. The van der Waals surface area contributed by atoms with Crippen LogP contribution in [-0.4, -0.2) is 154 Å². The van der Waals surface area contributed by atoms with Crippen molar-refractivity contribution in [2.24, 2.45) is 29.6 Å². The van der Waals surface area contributed by atoms with Gasteiger partial charge in [0.05, 0.1) is 5.75 Å². The summed E-state index contributed by atoms with van der Waals surface area (Å²) >= 11 is 1.22. The second-order valence-corrected chi connectivity index (χ2v) is 26.5. The molecular weight excluding hydrogens is 1100 g/mol. The number of hydrogen-bond donors (Lipinski definition) is 8. The number of fused-ring (bicyclic) bond motifs is 1. The fourth-order valence-electron chi connectivity index (χ4n) is 11.5. The molecule has 10 amide bonds. The monoisotopic (exact) mass is 1200 g/mol. The molecular formula is C64H98N10O10S. The van der Waals surface area contributed by atoms with Gasteiger partial charge >= 0.3 is 0 Å². The Morgan fingerprint density at radius 2 is 1.11 bits per heavy atom. The molecule has 8 N–H and O–H groups in total. The Bertz CT molecular complexity index is 2580. The van der Waals surface area contributed by atoms with Crippen molar-refractivity contribution in [1.82, 2.24) is 52.3 Å². The SMILES string of the molecule is CC(C)C[C@@H]1NC(=O)[C@H](C(C)C)NC(=O)[C@]2(C)CCCN2C(=O)[C@H](C(C)C)NC(=O)[C@H](Cc2ccccc2)NC(=O)CSCCNC(=O)[C@H](C)NC(=O)[C@H](Cc2ccccc2)N(C)C(=O)[C@H](CC(C)C)NC(=O)[C@H](CCC2CCCCC2)NC1=O. The van der Waals surface area contributed by atoms with Gasteiger partial charge in [0.1, 0.15) is 53.9 Å². The number of carbonyl (C=O) groups is 10. The lowest BCUT2D eigenvalue weighted by atomic mass is 9.85. The van der Waals surface area contributed by atoms with Gasteiger partial charge in [-0.25, -0.2) is 0 Å². The zero-order valence-electron chi connectivity index (χ0n) is 52.2. The smallest absolute Gasteiger partial charge is 0.246 e. The molecule has 470 valence electrons. The minimum Gasteiger partial charge on any atom is -0.353 e. The predicted molar refractivity (Wildman–Crippen MR) is 330 cm³/mol. The first-order chi connectivity index (χ1) is 40.3. The van der Waals surface area contributed by atoms with Crippen molar-refractivity contribution < 1.29 is 47.9 Å². The number of nitrogens with zero attached hydrogens (tertiary/aromatic N) is 2. The molecule has 0 bridgehead atoms. The van der Waals surface area contributed by atoms with E-state index < -0.39 is 125 Å². The van der Waals surface area contributed by atoms with Gasteiger partial charge in [0, 0.05) is 38.7 Å². The molecule has 2 aromatic rings. The standard InChI is InChI=1S/C64H98N10O10S/c1-39(2)34-48-57(78)68-47(29-28-44-22-15-12-16-23-44)56(77)70-50(35-40(3)4)61(82)73(11)51(37-46-26-19-14-20-27-46)59(80)66-43(9)55(76)65-31-33-85-38-52(75)67-49(36-45-24-17-13-18-25-45)58(79)71-54(42(7)8)62(83)74-32-21-30-64(74,10)63(84)72-53(41(5)6)60(81)69-48/h13-14,17-20,24-27,39-44,47-51,53-54H,12,15-16,21-23,28-38H2,1-11H3,(H,65,76)(H,66,80)(H,67,75)(H,68,78)(H,69,81)(H,70,77)(H,71,79)(H,72,84)/t43-,47-,48-,49-,50-,51-,53-,54-,64-/m0/s1. The lowest BCUT2D eigenvalue weighted by molar-refractivity contribution is -0.148. The van der Waals surface area contributed by atoms with E-state index in [1.54, 1.807) is 34.6 Å². The Hall–Kier alpha value is -6.51. The molecule has 0 aromatic heterocycles. The van der Waals surface area contributed by atoms with Crippen molar-refractivity contribution in [2.75, 3.05) is 31.6 Å². The fourth-order valence-corrected chi connectivity index (χ4v) is 12.2. The average molecular weight is 1200 g/mol. The van der Waals surface area contributed by atoms with E-state index in [2.05, 4.69) is 42.5 Å². The van der Waals surface area contributed by atoms with Crippen LogP contribution in [0.3, 0.4) is 0 Å². The number of nitrogens with one attached hydrogen (secondary N) is 8. The zero-order valence-corrected chi connectivity index (χ0v) is 53.0. The maximum Gasteiger partial charge on any atom is 0.246 e. The normalized spacial score (nSPS) is 27.1. The molecule has 0 spiro atoms. The Balaban J connectivity index is 1.52. The van der Waals surface area contributed by atoms with Crippen LogP contribution in [0.4, 0.5) is 0 Å². The second-order valence-electron chi connectivity index (χ2n) is 25.4. The molecule has 1 saturated carbocycles. The molecule has 3 aliphatic rings. The summed E-state index contributed by atoms with van der Waals surface area (Å²) in [6.07, 6.45) is 7.35. The number of hydrogen-bond acceptors (Lipinski definition) is 11. The molecule has 2 heterocycles. The van der Waals surface area contributed by atoms with E-state index in [1.165, 1.54) is 35.5 Å². The zero-order chi connectivity index (χ0) is 62.5. The second kappa shape index (κ2) is 33.4. The van der Waals surface area contributed by atoms with Gasteiger partial charge < -0.3 is 52.3 Å². The van der Waals surface area contributed by atoms with Gasteiger partial charge in [0.15, 0.2) is 0 Å². The van der Waals surface area contributed by atoms with E-state index in [9.17, 15) is 47.9 Å². The van der Waals surface area contributed by atoms with Crippen LogP contribution in [0, 0.1) is 29.6 Å². The maximum absolute atomic E-state index is 14.9. The van der Waals surface area contributed by atoms with Crippen molar-refractivity contribution in [3.8, 4) is 0 Å². The number of thioether (sulfide) groups is 1. The number of rotatable bonds is 13. The van der Waals surface area contributed by atoms with Gasteiger partial charge in [-0.3, -0.25) is 47.9 Å². The molecule has 9 atom stereocenters. The minimum absolute atomic E-state index is 0.0734. The highest BCUT2D eigenvalue weighted by atomic mass is 32.2. The molecule has 21 heteroatoms.